The second kappa shape index (κ2) is 3.86. The Morgan fingerprint density at radius 3 is 3.08 bits per heavy atom. The monoisotopic (exact) mass is 262 g/mol. The number of ether oxygens (including phenoxy) is 2. The minimum atomic E-state index is 0.269. The number of rotatable bonds is 3. The Morgan fingerprint density at radius 1 is 1.62 bits per heavy atom. The van der Waals surface area contributed by atoms with E-state index in [2.05, 4.69) is 15.9 Å². The van der Waals surface area contributed by atoms with Crippen molar-refractivity contribution in [2.24, 2.45) is 0 Å². The molecule has 0 aliphatic carbocycles. The van der Waals surface area contributed by atoms with Gasteiger partial charge in [-0.15, -0.1) is 0 Å². The van der Waals surface area contributed by atoms with Crippen molar-refractivity contribution in [2.45, 2.75) is 6.10 Å². The highest BCUT2D eigenvalue weighted by atomic mass is 79.9. The van der Waals surface area contributed by atoms with Crippen molar-refractivity contribution in [1.29, 1.82) is 0 Å². The molecule has 0 aromatic heterocycles. The predicted octanol–water partition coefficient (Wildman–Crippen LogP) is 2.88. The zero-order valence-corrected chi connectivity index (χ0v) is 9.14. The Hall–Kier alpha value is -0.250. The van der Waals surface area contributed by atoms with Gasteiger partial charge >= 0.3 is 0 Å². The Kier molecular flexibility index (Phi) is 2.77. The summed E-state index contributed by atoms with van der Waals surface area (Å²) < 4.78 is 11.4. The van der Waals surface area contributed by atoms with Gasteiger partial charge in [-0.3, -0.25) is 0 Å². The normalized spacial score (nSPS) is 20.0. The maximum Gasteiger partial charge on any atom is 0.135 e. The van der Waals surface area contributed by atoms with Gasteiger partial charge < -0.3 is 9.47 Å². The van der Waals surface area contributed by atoms with Gasteiger partial charge in [-0.2, -0.15) is 0 Å². The van der Waals surface area contributed by atoms with Crippen LogP contribution in [0.4, 0.5) is 0 Å². The standard InChI is InChI=1S/C9H8BrClO2/c10-8-2-1-6(11)3-9(8)13-5-7-4-12-7/h1-3,7H,4-5H2. The van der Waals surface area contributed by atoms with Gasteiger partial charge in [-0.1, -0.05) is 11.6 Å². The lowest BCUT2D eigenvalue weighted by molar-refractivity contribution is 0.262. The maximum absolute atomic E-state index is 5.82. The second-order valence-corrected chi connectivity index (χ2v) is 4.13. The molecule has 1 unspecified atom stereocenters. The molecule has 1 saturated heterocycles. The van der Waals surface area contributed by atoms with Crippen molar-refractivity contribution in [3.05, 3.63) is 27.7 Å². The van der Waals surface area contributed by atoms with E-state index in [0.29, 0.717) is 11.6 Å². The van der Waals surface area contributed by atoms with Gasteiger partial charge in [-0.25, -0.2) is 0 Å². The van der Waals surface area contributed by atoms with Crippen molar-refractivity contribution in [3.63, 3.8) is 0 Å². The smallest absolute Gasteiger partial charge is 0.135 e. The van der Waals surface area contributed by atoms with E-state index in [-0.39, 0.29) is 6.10 Å². The van der Waals surface area contributed by atoms with Crippen LogP contribution >= 0.6 is 27.5 Å². The molecule has 0 saturated carbocycles. The van der Waals surface area contributed by atoms with Gasteiger partial charge in [0.25, 0.3) is 0 Å². The zero-order valence-electron chi connectivity index (χ0n) is 6.80. The van der Waals surface area contributed by atoms with E-state index < -0.39 is 0 Å². The van der Waals surface area contributed by atoms with Gasteiger partial charge in [0.1, 0.15) is 18.5 Å². The highest BCUT2D eigenvalue weighted by Gasteiger charge is 2.23. The number of hydrogen-bond acceptors (Lipinski definition) is 2. The van der Waals surface area contributed by atoms with E-state index in [1.807, 2.05) is 12.1 Å². The Morgan fingerprint density at radius 2 is 2.38 bits per heavy atom. The second-order valence-electron chi connectivity index (χ2n) is 2.84. The molecule has 0 bridgehead atoms. The summed E-state index contributed by atoms with van der Waals surface area (Å²) >= 11 is 9.19. The van der Waals surface area contributed by atoms with Crippen molar-refractivity contribution in [1.82, 2.24) is 0 Å². The fraction of sp³-hybridized carbons (Fsp3) is 0.333. The minimum absolute atomic E-state index is 0.269. The molecule has 13 heavy (non-hydrogen) atoms. The maximum atomic E-state index is 5.82. The van der Waals surface area contributed by atoms with Crippen LogP contribution in [0.15, 0.2) is 22.7 Å². The summed E-state index contributed by atoms with van der Waals surface area (Å²) in [5, 5.41) is 0.676. The molecular formula is C9H8BrClO2. The highest BCUT2D eigenvalue weighted by molar-refractivity contribution is 9.10. The van der Waals surface area contributed by atoms with Gasteiger partial charge in [0.2, 0.25) is 0 Å². The zero-order chi connectivity index (χ0) is 9.26. The van der Waals surface area contributed by atoms with E-state index in [0.717, 1.165) is 16.8 Å². The molecule has 2 rings (SSSR count). The van der Waals surface area contributed by atoms with Crippen LogP contribution in [0.2, 0.25) is 5.02 Å². The minimum Gasteiger partial charge on any atom is -0.490 e. The molecule has 0 radical (unpaired) electrons. The predicted molar refractivity (Wildman–Crippen MR) is 54.4 cm³/mol. The molecule has 1 heterocycles. The molecular weight excluding hydrogens is 255 g/mol. The Balaban J connectivity index is 2.03. The van der Waals surface area contributed by atoms with Crippen LogP contribution in [-0.4, -0.2) is 19.3 Å². The highest BCUT2D eigenvalue weighted by Crippen LogP contribution is 2.28. The molecule has 1 aromatic carbocycles. The van der Waals surface area contributed by atoms with E-state index in [1.54, 1.807) is 6.07 Å². The topological polar surface area (TPSA) is 21.8 Å². The average molecular weight is 264 g/mol. The first-order valence-electron chi connectivity index (χ1n) is 3.95. The van der Waals surface area contributed by atoms with E-state index in [1.165, 1.54) is 0 Å². The van der Waals surface area contributed by atoms with E-state index in [4.69, 9.17) is 21.1 Å². The molecule has 1 aliphatic heterocycles. The van der Waals surface area contributed by atoms with Crippen molar-refractivity contribution >= 4 is 27.5 Å². The number of benzene rings is 1. The Bertz CT molecular complexity index is 312. The first-order chi connectivity index (χ1) is 6.25. The first-order valence-corrected chi connectivity index (χ1v) is 5.12. The lowest BCUT2D eigenvalue weighted by atomic mass is 10.3. The molecule has 0 N–H and O–H groups in total. The lowest BCUT2D eigenvalue weighted by Crippen LogP contribution is -2.04. The summed E-state index contributed by atoms with van der Waals surface area (Å²) in [6, 6.07) is 5.46. The third kappa shape index (κ3) is 2.59. The van der Waals surface area contributed by atoms with Crippen LogP contribution < -0.4 is 4.74 Å². The van der Waals surface area contributed by atoms with Gasteiger partial charge in [0, 0.05) is 5.02 Å². The van der Waals surface area contributed by atoms with Crippen LogP contribution in [-0.2, 0) is 4.74 Å². The van der Waals surface area contributed by atoms with E-state index >= 15 is 0 Å². The summed E-state index contributed by atoms with van der Waals surface area (Å²) in [6.45, 7) is 1.40. The molecule has 1 fully saturated rings. The summed E-state index contributed by atoms with van der Waals surface area (Å²) in [4.78, 5) is 0. The van der Waals surface area contributed by atoms with Gasteiger partial charge in [-0.05, 0) is 34.1 Å². The van der Waals surface area contributed by atoms with E-state index in [9.17, 15) is 0 Å². The number of hydrogen-bond donors (Lipinski definition) is 0. The third-order valence-electron chi connectivity index (χ3n) is 1.72. The fourth-order valence-corrected chi connectivity index (χ4v) is 1.46. The lowest BCUT2D eigenvalue weighted by Gasteiger charge is -2.06. The largest absolute Gasteiger partial charge is 0.490 e. The molecule has 1 aromatic rings. The van der Waals surface area contributed by atoms with Crippen LogP contribution in [0, 0.1) is 0 Å². The molecule has 1 atom stereocenters. The van der Waals surface area contributed by atoms with Crippen LogP contribution in [0.1, 0.15) is 0 Å². The molecule has 70 valence electrons. The fourth-order valence-electron chi connectivity index (χ4n) is 0.935. The third-order valence-corrected chi connectivity index (χ3v) is 2.61. The van der Waals surface area contributed by atoms with Crippen LogP contribution in [0.25, 0.3) is 0 Å². The number of halogens is 2. The van der Waals surface area contributed by atoms with Crippen LogP contribution in [0.3, 0.4) is 0 Å². The summed E-state index contributed by atoms with van der Waals surface area (Å²) in [7, 11) is 0. The van der Waals surface area contributed by atoms with Gasteiger partial charge in [0.05, 0.1) is 11.1 Å². The summed E-state index contributed by atoms with van der Waals surface area (Å²) in [5.74, 6) is 0.767. The molecule has 2 nitrogen and oxygen atoms in total. The molecule has 1 aliphatic rings. The molecule has 4 heteroatoms. The summed E-state index contributed by atoms with van der Waals surface area (Å²) in [6.07, 6.45) is 0.269. The molecule has 0 spiro atoms. The van der Waals surface area contributed by atoms with Crippen LogP contribution in [0.5, 0.6) is 5.75 Å². The quantitative estimate of drug-likeness (QED) is 0.782. The van der Waals surface area contributed by atoms with Gasteiger partial charge in [0.15, 0.2) is 0 Å². The average Bonchev–Trinajstić information content (AvgIpc) is 2.90. The SMILES string of the molecule is Clc1ccc(Br)c(OCC2CO2)c1. The Labute approximate surface area is 89.9 Å². The van der Waals surface area contributed by atoms with Crippen molar-refractivity contribution in [2.75, 3.05) is 13.2 Å². The van der Waals surface area contributed by atoms with Crippen molar-refractivity contribution in [3.8, 4) is 5.75 Å². The van der Waals surface area contributed by atoms with Crippen molar-refractivity contribution < 1.29 is 9.47 Å². The first kappa shape index (κ1) is 9.31. The molecule has 0 amide bonds. The number of epoxide rings is 1. The summed E-state index contributed by atoms with van der Waals surface area (Å²) in [5.41, 5.74) is 0.